The number of rotatable bonds is 6. The topological polar surface area (TPSA) is 64.8 Å². The molecule has 2 aliphatic rings. The molecule has 0 spiro atoms. The van der Waals surface area contributed by atoms with E-state index < -0.39 is 0 Å². The van der Waals surface area contributed by atoms with E-state index in [0.29, 0.717) is 5.56 Å². The summed E-state index contributed by atoms with van der Waals surface area (Å²) in [7, 11) is 0. The normalized spacial score (nSPS) is 16.9. The van der Waals surface area contributed by atoms with Gasteiger partial charge in [0.05, 0.1) is 18.0 Å². The Balaban J connectivity index is 1.23. The smallest absolute Gasteiger partial charge is 0.248 e. The van der Waals surface area contributed by atoms with Gasteiger partial charge in [0.15, 0.2) is 0 Å². The lowest BCUT2D eigenvalue weighted by atomic mass is 10.1. The Kier molecular flexibility index (Phi) is 5.16. The van der Waals surface area contributed by atoms with E-state index in [4.69, 9.17) is 5.73 Å². The number of carbonyl (C=O) groups excluding carboxylic acids is 1. The van der Waals surface area contributed by atoms with Crippen LogP contribution >= 0.6 is 0 Å². The molecule has 0 aromatic heterocycles. The molecule has 0 radical (unpaired) electrons. The summed E-state index contributed by atoms with van der Waals surface area (Å²) in [6.45, 7) is 7.33. The fourth-order valence-corrected chi connectivity index (χ4v) is 3.93. The van der Waals surface area contributed by atoms with E-state index in [1.807, 2.05) is 18.2 Å². The quantitative estimate of drug-likeness (QED) is 0.822. The summed E-state index contributed by atoms with van der Waals surface area (Å²) in [6, 6.07) is 16.3. The van der Waals surface area contributed by atoms with Crippen molar-refractivity contribution in [2.45, 2.75) is 6.42 Å². The highest BCUT2D eigenvalue weighted by Gasteiger charge is 2.20. The molecule has 27 heavy (non-hydrogen) atoms. The second-order valence-corrected chi connectivity index (χ2v) is 7.21. The van der Waals surface area contributed by atoms with Gasteiger partial charge < -0.3 is 20.9 Å². The maximum atomic E-state index is 11.3. The maximum Gasteiger partial charge on any atom is 0.248 e. The van der Waals surface area contributed by atoms with E-state index in [9.17, 15) is 4.79 Å². The first-order valence-electron chi connectivity index (χ1n) is 9.66. The molecule has 142 valence electrons. The predicted octanol–water partition coefficient (Wildman–Crippen LogP) is 2.19. The van der Waals surface area contributed by atoms with Gasteiger partial charge in [0.25, 0.3) is 0 Å². The van der Waals surface area contributed by atoms with Gasteiger partial charge in [0.2, 0.25) is 5.91 Å². The van der Waals surface area contributed by atoms with Crippen LogP contribution in [0.5, 0.6) is 0 Å². The number of benzene rings is 2. The molecule has 2 aliphatic heterocycles. The first-order chi connectivity index (χ1) is 13.2. The monoisotopic (exact) mass is 365 g/mol. The lowest BCUT2D eigenvalue weighted by molar-refractivity contribution is 0.100. The Morgan fingerprint density at radius 3 is 2.52 bits per heavy atom. The highest BCUT2D eigenvalue weighted by Crippen LogP contribution is 2.32. The van der Waals surface area contributed by atoms with Gasteiger partial charge in [-0.3, -0.25) is 9.69 Å². The summed E-state index contributed by atoms with van der Waals surface area (Å²) in [5.41, 5.74) is 9.41. The minimum Gasteiger partial charge on any atom is -0.369 e. The first-order valence-corrected chi connectivity index (χ1v) is 9.66. The molecular weight excluding hydrogens is 338 g/mol. The number of nitrogens with zero attached hydrogens (tertiary/aromatic N) is 3. The molecule has 6 heteroatoms. The third kappa shape index (κ3) is 4.01. The zero-order valence-corrected chi connectivity index (χ0v) is 15.6. The molecule has 1 saturated heterocycles. The molecule has 2 heterocycles. The summed E-state index contributed by atoms with van der Waals surface area (Å²) in [4.78, 5) is 18.7. The van der Waals surface area contributed by atoms with Crippen molar-refractivity contribution in [2.24, 2.45) is 5.73 Å². The first kappa shape index (κ1) is 17.7. The number of anilines is 3. The number of amides is 1. The fraction of sp³-hybridized carbons (Fsp3) is 0.381. The van der Waals surface area contributed by atoms with Gasteiger partial charge >= 0.3 is 0 Å². The fourth-order valence-electron chi connectivity index (χ4n) is 3.93. The van der Waals surface area contributed by atoms with Crippen LogP contribution in [0.3, 0.4) is 0 Å². The number of nitrogens with two attached hydrogens (primary N) is 1. The predicted molar refractivity (Wildman–Crippen MR) is 111 cm³/mol. The Morgan fingerprint density at radius 1 is 1.00 bits per heavy atom. The highest BCUT2D eigenvalue weighted by molar-refractivity contribution is 5.95. The van der Waals surface area contributed by atoms with Crippen molar-refractivity contribution in [3.05, 3.63) is 54.1 Å². The molecule has 1 amide bonds. The Hall–Kier alpha value is -2.73. The average Bonchev–Trinajstić information content (AvgIpc) is 3.11. The van der Waals surface area contributed by atoms with Crippen LogP contribution in [0.2, 0.25) is 0 Å². The molecule has 2 aromatic carbocycles. The van der Waals surface area contributed by atoms with Crippen LogP contribution in [0.15, 0.2) is 48.5 Å². The maximum absolute atomic E-state index is 11.3. The third-order valence-electron chi connectivity index (χ3n) is 5.48. The number of para-hydroxylation sites is 1. The summed E-state index contributed by atoms with van der Waals surface area (Å²) in [5.74, 6) is -0.382. The van der Waals surface area contributed by atoms with Gasteiger partial charge in [0, 0.05) is 44.0 Å². The molecular formula is C21H27N5O. The number of hydrogen-bond donors (Lipinski definition) is 2. The van der Waals surface area contributed by atoms with E-state index in [1.165, 1.54) is 5.69 Å². The van der Waals surface area contributed by atoms with Crippen LogP contribution < -0.4 is 20.9 Å². The molecule has 0 atom stereocenters. The van der Waals surface area contributed by atoms with E-state index in [0.717, 1.165) is 63.7 Å². The van der Waals surface area contributed by atoms with E-state index in [1.54, 1.807) is 0 Å². The second-order valence-electron chi connectivity index (χ2n) is 7.21. The summed E-state index contributed by atoms with van der Waals surface area (Å²) in [6.07, 6.45) is 1.13. The van der Waals surface area contributed by atoms with Crippen LogP contribution in [0.1, 0.15) is 16.8 Å². The average molecular weight is 365 g/mol. The molecule has 0 aliphatic carbocycles. The van der Waals surface area contributed by atoms with Gasteiger partial charge in [-0.05, 0) is 43.3 Å². The number of nitrogens with one attached hydrogen (secondary N) is 1. The van der Waals surface area contributed by atoms with Crippen LogP contribution in [0, 0.1) is 0 Å². The van der Waals surface area contributed by atoms with Crippen LogP contribution in [-0.2, 0) is 0 Å². The van der Waals surface area contributed by atoms with E-state index in [2.05, 4.69) is 50.3 Å². The number of carbonyl (C=O) groups is 1. The Bertz CT molecular complexity index is 786. The van der Waals surface area contributed by atoms with Gasteiger partial charge in [-0.1, -0.05) is 18.2 Å². The van der Waals surface area contributed by atoms with Crippen molar-refractivity contribution in [3.8, 4) is 0 Å². The van der Waals surface area contributed by atoms with Crippen LogP contribution in [0.4, 0.5) is 17.1 Å². The molecule has 2 aromatic rings. The highest BCUT2D eigenvalue weighted by atomic mass is 16.1. The lowest BCUT2D eigenvalue weighted by Crippen LogP contribution is -2.47. The number of fused-ring (bicyclic) bond motifs is 1. The summed E-state index contributed by atoms with van der Waals surface area (Å²) in [5, 5.41) is 3.36. The van der Waals surface area contributed by atoms with Crippen LogP contribution in [0.25, 0.3) is 0 Å². The molecule has 0 unspecified atom stereocenters. The largest absolute Gasteiger partial charge is 0.369 e. The van der Waals surface area contributed by atoms with Crippen molar-refractivity contribution in [1.82, 2.24) is 4.90 Å². The zero-order chi connectivity index (χ0) is 18.6. The molecule has 6 nitrogen and oxygen atoms in total. The lowest BCUT2D eigenvalue weighted by Gasteiger charge is -2.36. The third-order valence-corrected chi connectivity index (χ3v) is 5.48. The molecule has 0 bridgehead atoms. The molecule has 4 rings (SSSR count). The summed E-state index contributed by atoms with van der Waals surface area (Å²) >= 11 is 0. The molecule has 0 saturated carbocycles. The van der Waals surface area contributed by atoms with E-state index in [-0.39, 0.29) is 5.91 Å². The standard InChI is InChI=1S/C21H27N5O/c22-21(27)17-7-8-20-19(15-17)23-16-26(20)10-4-9-24-11-13-25(14-12-24)18-5-2-1-3-6-18/h1-3,5-8,15,23H,4,9-14,16H2,(H2,22,27). The number of piperazine rings is 1. The Labute approximate surface area is 160 Å². The number of primary amides is 1. The van der Waals surface area contributed by atoms with Crippen molar-refractivity contribution in [3.63, 3.8) is 0 Å². The van der Waals surface area contributed by atoms with Gasteiger partial charge in [-0.25, -0.2) is 0 Å². The van der Waals surface area contributed by atoms with E-state index >= 15 is 0 Å². The second kappa shape index (κ2) is 7.88. The van der Waals surface area contributed by atoms with Crippen LogP contribution in [-0.4, -0.2) is 56.7 Å². The molecule has 1 fully saturated rings. The zero-order valence-electron chi connectivity index (χ0n) is 15.6. The van der Waals surface area contributed by atoms with Gasteiger partial charge in [-0.2, -0.15) is 0 Å². The minimum absolute atomic E-state index is 0.382. The SMILES string of the molecule is NC(=O)c1ccc2c(c1)NCN2CCCN1CCN(c2ccccc2)CC1. The van der Waals surface area contributed by atoms with Crippen molar-refractivity contribution in [1.29, 1.82) is 0 Å². The van der Waals surface area contributed by atoms with Crippen molar-refractivity contribution >= 4 is 23.0 Å². The van der Waals surface area contributed by atoms with Crippen molar-refractivity contribution < 1.29 is 4.79 Å². The van der Waals surface area contributed by atoms with Crippen molar-refractivity contribution in [2.75, 3.05) is 61.1 Å². The van der Waals surface area contributed by atoms with Gasteiger partial charge in [0.1, 0.15) is 0 Å². The summed E-state index contributed by atoms with van der Waals surface area (Å²) < 4.78 is 0. The van der Waals surface area contributed by atoms with Gasteiger partial charge in [-0.15, -0.1) is 0 Å². The Morgan fingerprint density at radius 2 is 1.78 bits per heavy atom. The number of hydrogen-bond acceptors (Lipinski definition) is 5. The molecule has 3 N–H and O–H groups in total. The minimum atomic E-state index is -0.382.